The molecule has 0 bridgehead atoms. The maximum atomic E-state index is 9.90. The van der Waals surface area contributed by atoms with Crippen LogP contribution in [0.3, 0.4) is 0 Å². The van der Waals surface area contributed by atoms with E-state index in [4.69, 9.17) is 4.89 Å². The number of hydrogen-bond acceptors (Lipinski definition) is 3. The Morgan fingerprint density at radius 3 is 2.20 bits per heavy atom. The van der Waals surface area contributed by atoms with Crippen molar-refractivity contribution in [2.75, 3.05) is 6.61 Å². The zero-order valence-electron chi connectivity index (χ0n) is 6.40. The van der Waals surface area contributed by atoms with E-state index in [2.05, 4.69) is 4.52 Å². The standard InChI is InChI=1S/C4H11O4P.Na/c1-4(2)3-8-9(5,6)7;/h4H,3H2,1-2H3,(H2,5,6,7);/q;+1/p-1. The molecule has 0 spiro atoms. The van der Waals surface area contributed by atoms with E-state index in [1.165, 1.54) is 0 Å². The van der Waals surface area contributed by atoms with Crippen molar-refractivity contribution in [3.05, 3.63) is 0 Å². The van der Waals surface area contributed by atoms with E-state index >= 15 is 0 Å². The van der Waals surface area contributed by atoms with Crippen LogP contribution in [0.1, 0.15) is 13.8 Å². The van der Waals surface area contributed by atoms with Gasteiger partial charge in [0, 0.05) is 0 Å². The summed E-state index contributed by atoms with van der Waals surface area (Å²) in [6, 6.07) is 0. The Labute approximate surface area is 82.5 Å². The van der Waals surface area contributed by atoms with Gasteiger partial charge in [-0.05, 0) is 5.92 Å². The van der Waals surface area contributed by atoms with Crippen LogP contribution in [0.2, 0.25) is 0 Å². The molecule has 0 aromatic rings. The number of rotatable bonds is 3. The molecule has 0 fully saturated rings. The first-order valence-corrected chi connectivity index (χ1v) is 4.09. The van der Waals surface area contributed by atoms with Crippen LogP contribution in [0.5, 0.6) is 0 Å². The summed E-state index contributed by atoms with van der Waals surface area (Å²) in [6.07, 6.45) is 0. The summed E-state index contributed by atoms with van der Waals surface area (Å²) >= 11 is 0. The largest absolute Gasteiger partial charge is 1.00 e. The van der Waals surface area contributed by atoms with Gasteiger partial charge in [0.1, 0.15) is 0 Å². The van der Waals surface area contributed by atoms with E-state index in [-0.39, 0.29) is 42.1 Å². The molecule has 1 N–H and O–H groups in total. The molecule has 0 saturated heterocycles. The van der Waals surface area contributed by atoms with Crippen molar-refractivity contribution in [2.24, 2.45) is 5.92 Å². The van der Waals surface area contributed by atoms with Gasteiger partial charge in [-0.1, -0.05) is 13.8 Å². The third-order valence-electron chi connectivity index (χ3n) is 0.571. The number of phosphoric ester groups is 1. The quantitative estimate of drug-likeness (QED) is 0.370. The smallest absolute Gasteiger partial charge is 0.756 e. The Balaban J connectivity index is 0. The SMILES string of the molecule is CC(C)COP(=O)([O-])O.[Na+]. The zero-order valence-corrected chi connectivity index (χ0v) is 9.30. The second-order valence-corrected chi connectivity index (χ2v) is 3.35. The van der Waals surface area contributed by atoms with E-state index in [1.807, 2.05) is 0 Å². The third-order valence-corrected chi connectivity index (χ3v) is 1.05. The van der Waals surface area contributed by atoms with Crippen LogP contribution in [0.25, 0.3) is 0 Å². The Hall–Kier alpha value is 1.11. The molecule has 4 nitrogen and oxygen atoms in total. The van der Waals surface area contributed by atoms with Crippen molar-refractivity contribution in [1.29, 1.82) is 0 Å². The van der Waals surface area contributed by atoms with Gasteiger partial charge >= 0.3 is 29.6 Å². The average Bonchev–Trinajstić information content (AvgIpc) is 1.59. The van der Waals surface area contributed by atoms with Crippen molar-refractivity contribution in [3.63, 3.8) is 0 Å². The fraction of sp³-hybridized carbons (Fsp3) is 1.00. The van der Waals surface area contributed by atoms with E-state index < -0.39 is 7.82 Å². The molecule has 0 rings (SSSR count). The molecule has 56 valence electrons. The molecule has 0 aromatic heterocycles. The summed E-state index contributed by atoms with van der Waals surface area (Å²) in [4.78, 5) is 17.9. The second kappa shape index (κ2) is 5.72. The minimum Gasteiger partial charge on any atom is -0.756 e. The molecule has 1 unspecified atom stereocenters. The Bertz CT molecular complexity index is 120. The second-order valence-electron chi connectivity index (χ2n) is 2.16. The minimum absolute atomic E-state index is 0. The Kier molecular flexibility index (Phi) is 7.83. The van der Waals surface area contributed by atoms with Crippen LogP contribution in [0, 0.1) is 5.92 Å². The molecule has 0 radical (unpaired) electrons. The summed E-state index contributed by atoms with van der Waals surface area (Å²) < 4.78 is 13.9. The van der Waals surface area contributed by atoms with Gasteiger partial charge in [-0.2, -0.15) is 0 Å². The first kappa shape index (κ1) is 13.7. The molecule has 0 aromatic carbocycles. The molecule has 0 aliphatic carbocycles. The van der Waals surface area contributed by atoms with Crippen LogP contribution < -0.4 is 34.5 Å². The normalized spacial score (nSPS) is 16.1. The summed E-state index contributed by atoms with van der Waals surface area (Å²) in [5.41, 5.74) is 0. The van der Waals surface area contributed by atoms with Crippen molar-refractivity contribution in [3.8, 4) is 0 Å². The molecule has 0 aliphatic heterocycles. The molecular weight excluding hydrogens is 166 g/mol. The molecule has 10 heavy (non-hydrogen) atoms. The van der Waals surface area contributed by atoms with Crippen molar-refractivity contribution in [1.82, 2.24) is 0 Å². The minimum atomic E-state index is -4.47. The Morgan fingerprint density at radius 1 is 1.70 bits per heavy atom. The van der Waals surface area contributed by atoms with E-state index in [0.717, 1.165) is 0 Å². The summed E-state index contributed by atoms with van der Waals surface area (Å²) in [5.74, 6) is 0.111. The van der Waals surface area contributed by atoms with Crippen LogP contribution in [0.15, 0.2) is 0 Å². The van der Waals surface area contributed by atoms with Gasteiger partial charge in [0.15, 0.2) is 0 Å². The molecule has 0 amide bonds. The van der Waals surface area contributed by atoms with Crippen LogP contribution in [0.4, 0.5) is 0 Å². The molecule has 0 saturated carbocycles. The fourth-order valence-corrected chi connectivity index (χ4v) is 0.730. The van der Waals surface area contributed by atoms with E-state index in [1.54, 1.807) is 13.8 Å². The third kappa shape index (κ3) is 11.9. The summed E-state index contributed by atoms with van der Waals surface area (Å²) in [5, 5.41) is 0. The van der Waals surface area contributed by atoms with Crippen LogP contribution >= 0.6 is 7.82 Å². The van der Waals surface area contributed by atoms with Gasteiger partial charge in [0.25, 0.3) is 7.82 Å². The molecule has 1 atom stereocenters. The van der Waals surface area contributed by atoms with E-state index in [0.29, 0.717) is 0 Å². The van der Waals surface area contributed by atoms with Crippen molar-refractivity contribution >= 4 is 7.82 Å². The number of hydrogen-bond donors (Lipinski definition) is 1. The van der Waals surface area contributed by atoms with Crippen molar-refractivity contribution in [2.45, 2.75) is 13.8 Å². The zero-order chi connectivity index (χ0) is 7.49. The molecular formula is C4H10NaO4P. The first-order chi connectivity index (χ1) is 3.92. The van der Waals surface area contributed by atoms with Gasteiger partial charge in [-0.3, -0.25) is 4.57 Å². The van der Waals surface area contributed by atoms with Gasteiger partial charge in [-0.25, -0.2) is 0 Å². The monoisotopic (exact) mass is 176 g/mol. The van der Waals surface area contributed by atoms with Crippen molar-refractivity contribution < 1.29 is 48.4 Å². The molecule has 0 aliphatic rings. The van der Waals surface area contributed by atoms with E-state index in [9.17, 15) is 9.46 Å². The average molecular weight is 176 g/mol. The van der Waals surface area contributed by atoms with Crippen LogP contribution in [-0.4, -0.2) is 11.5 Å². The Morgan fingerprint density at radius 2 is 2.10 bits per heavy atom. The van der Waals surface area contributed by atoms with Crippen LogP contribution in [-0.2, 0) is 9.09 Å². The van der Waals surface area contributed by atoms with Gasteiger partial charge in [0.2, 0.25) is 0 Å². The van der Waals surface area contributed by atoms with Gasteiger partial charge in [0.05, 0.1) is 6.61 Å². The van der Waals surface area contributed by atoms with Gasteiger partial charge < -0.3 is 14.3 Å². The maximum absolute atomic E-state index is 9.90. The molecule has 0 heterocycles. The summed E-state index contributed by atoms with van der Waals surface area (Å²) in [6.45, 7) is 3.61. The number of phosphoric acid groups is 1. The maximum Gasteiger partial charge on any atom is 1.00 e. The first-order valence-electron chi connectivity index (χ1n) is 2.60. The predicted molar refractivity (Wildman–Crippen MR) is 30.6 cm³/mol. The van der Waals surface area contributed by atoms with Gasteiger partial charge in [-0.15, -0.1) is 0 Å². The molecule has 6 heteroatoms. The predicted octanol–water partition coefficient (Wildman–Crippen LogP) is -2.88. The summed E-state index contributed by atoms with van der Waals surface area (Å²) in [7, 11) is -4.47. The topological polar surface area (TPSA) is 69.6 Å². The fourth-order valence-electron chi connectivity index (χ4n) is 0.243.